The van der Waals surface area contributed by atoms with Gasteiger partial charge in [0.05, 0.1) is 19.1 Å². The molecule has 3 aromatic rings. The van der Waals surface area contributed by atoms with Gasteiger partial charge in [-0.3, -0.25) is 4.72 Å². The van der Waals surface area contributed by atoms with E-state index in [2.05, 4.69) is 9.97 Å². The molecular weight excluding hydrogens is 347 g/mol. The van der Waals surface area contributed by atoms with Crippen LogP contribution in [-0.4, -0.2) is 25.5 Å². The number of halogens is 3. The molecule has 1 aromatic heterocycles. The fourth-order valence-electron chi connectivity index (χ4n) is 2.19. The largest absolute Gasteiger partial charge is 0.494 e. The zero-order valence-electron chi connectivity index (χ0n) is 12.1. The van der Waals surface area contributed by atoms with E-state index in [-0.39, 0.29) is 10.4 Å². The highest BCUT2D eigenvalue weighted by Gasteiger charge is 2.22. The minimum Gasteiger partial charge on any atom is -0.494 e. The summed E-state index contributed by atoms with van der Waals surface area (Å²) in [7, 11) is -2.82. The lowest BCUT2D eigenvalue weighted by atomic mass is 10.3. The smallest absolute Gasteiger partial charge is 0.264 e. The van der Waals surface area contributed by atoms with E-state index in [9.17, 15) is 21.6 Å². The van der Waals surface area contributed by atoms with Crippen LogP contribution in [0.25, 0.3) is 11.0 Å². The Kier molecular flexibility index (Phi) is 3.84. The van der Waals surface area contributed by atoms with E-state index in [0.29, 0.717) is 23.4 Å². The molecule has 0 fully saturated rings. The van der Waals surface area contributed by atoms with Crippen molar-refractivity contribution in [3.05, 3.63) is 48.0 Å². The van der Waals surface area contributed by atoms with E-state index in [1.54, 1.807) is 0 Å². The van der Waals surface area contributed by atoms with Gasteiger partial charge in [-0.1, -0.05) is 0 Å². The Morgan fingerprint density at radius 2 is 1.83 bits per heavy atom. The molecule has 0 bridgehead atoms. The molecular formula is C14H10F3N3O3S. The van der Waals surface area contributed by atoms with Crippen LogP contribution in [0.5, 0.6) is 5.75 Å². The minimum absolute atomic E-state index is 0.0879. The Balaban J connectivity index is 2.08. The van der Waals surface area contributed by atoms with Gasteiger partial charge in [0.15, 0.2) is 17.5 Å². The number of ether oxygens (including phenoxy) is 1. The maximum atomic E-state index is 13.2. The van der Waals surface area contributed by atoms with Gasteiger partial charge in [0.25, 0.3) is 10.0 Å². The average Bonchev–Trinajstić information content (AvgIpc) is 3.00. The lowest BCUT2D eigenvalue weighted by Gasteiger charge is -2.10. The predicted octanol–water partition coefficient (Wildman–Crippen LogP) is 2.79. The summed E-state index contributed by atoms with van der Waals surface area (Å²) in [5, 5.41) is 0. The summed E-state index contributed by atoms with van der Waals surface area (Å²) in [6.45, 7) is 0. The second-order valence-corrected chi connectivity index (χ2v) is 6.40. The third-order valence-corrected chi connectivity index (χ3v) is 4.66. The fraction of sp³-hybridized carbons (Fsp3) is 0.0714. The van der Waals surface area contributed by atoms with Gasteiger partial charge < -0.3 is 9.72 Å². The van der Waals surface area contributed by atoms with Crippen molar-refractivity contribution in [1.82, 2.24) is 9.97 Å². The number of aromatic nitrogens is 2. The molecule has 0 saturated carbocycles. The van der Waals surface area contributed by atoms with Crippen LogP contribution in [0.15, 0.2) is 35.5 Å². The number of sulfonamides is 1. The Morgan fingerprint density at radius 3 is 2.46 bits per heavy atom. The van der Waals surface area contributed by atoms with Gasteiger partial charge in [-0.05, 0) is 12.1 Å². The first kappa shape index (κ1) is 16.1. The first-order chi connectivity index (χ1) is 11.3. The molecule has 0 aliphatic rings. The number of anilines is 1. The second kappa shape index (κ2) is 5.71. The third-order valence-electron chi connectivity index (χ3n) is 3.25. The van der Waals surface area contributed by atoms with Gasteiger partial charge in [-0.25, -0.2) is 26.6 Å². The van der Waals surface area contributed by atoms with Gasteiger partial charge >= 0.3 is 0 Å². The van der Waals surface area contributed by atoms with Gasteiger partial charge in [0, 0.05) is 12.1 Å². The number of aromatic amines is 1. The first-order valence-corrected chi connectivity index (χ1v) is 7.99. The highest BCUT2D eigenvalue weighted by atomic mass is 32.2. The van der Waals surface area contributed by atoms with Crippen LogP contribution in [0.4, 0.5) is 18.9 Å². The molecule has 6 nitrogen and oxygen atoms in total. The lowest BCUT2D eigenvalue weighted by molar-refractivity contribution is 0.419. The maximum Gasteiger partial charge on any atom is 0.264 e. The molecule has 10 heteroatoms. The van der Waals surface area contributed by atoms with Crippen LogP contribution in [0.1, 0.15) is 0 Å². The topological polar surface area (TPSA) is 84.1 Å². The summed E-state index contributed by atoms with van der Waals surface area (Å²) in [6, 6.07) is 3.73. The van der Waals surface area contributed by atoms with E-state index in [1.165, 1.54) is 25.6 Å². The Labute approximate surface area is 134 Å². The van der Waals surface area contributed by atoms with E-state index >= 15 is 0 Å². The van der Waals surface area contributed by atoms with Gasteiger partial charge in [-0.2, -0.15) is 0 Å². The van der Waals surface area contributed by atoms with Crippen LogP contribution >= 0.6 is 0 Å². The van der Waals surface area contributed by atoms with Gasteiger partial charge in [-0.15, -0.1) is 0 Å². The van der Waals surface area contributed by atoms with Crippen LogP contribution in [0.2, 0.25) is 0 Å². The normalized spacial score (nSPS) is 11.7. The van der Waals surface area contributed by atoms with E-state index in [1.807, 2.05) is 4.72 Å². The number of nitrogens with one attached hydrogen (secondary N) is 2. The van der Waals surface area contributed by atoms with Gasteiger partial charge in [0.1, 0.15) is 21.7 Å². The molecule has 2 aromatic carbocycles. The molecule has 126 valence electrons. The first-order valence-electron chi connectivity index (χ1n) is 6.51. The number of hydrogen-bond acceptors (Lipinski definition) is 4. The van der Waals surface area contributed by atoms with Crippen molar-refractivity contribution in [3.63, 3.8) is 0 Å². The van der Waals surface area contributed by atoms with E-state index in [0.717, 1.165) is 0 Å². The van der Waals surface area contributed by atoms with E-state index < -0.39 is 33.2 Å². The highest BCUT2D eigenvalue weighted by molar-refractivity contribution is 7.93. The van der Waals surface area contributed by atoms with Crippen molar-refractivity contribution in [3.8, 4) is 5.75 Å². The molecule has 1 heterocycles. The molecule has 24 heavy (non-hydrogen) atoms. The second-order valence-electron chi connectivity index (χ2n) is 4.75. The number of rotatable bonds is 4. The molecule has 0 atom stereocenters. The molecule has 0 saturated heterocycles. The van der Waals surface area contributed by atoms with Crippen LogP contribution < -0.4 is 9.46 Å². The number of imidazole rings is 1. The zero-order valence-corrected chi connectivity index (χ0v) is 12.9. The molecule has 3 rings (SSSR count). The van der Waals surface area contributed by atoms with Crippen molar-refractivity contribution in [2.75, 3.05) is 11.8 Å². The van der Waals surface area contributed by atoms with Crippen molar-refractivity contribution in [2.45, 2.75) is 4.90 Å². The van der Waals surface area contributed by atoms with Crippen molar-refractivity contribution >= 4 is 26.7 Å². The molecule has 0 aliphatic carbocycles. The summed E-state index contributed by atoms with van der Waals surface area (Å²) in [5.41, 5.74) is -0.0207. The summed E-state index contributed by atoms with van der Waals surface area (Å²) in [6.07, 6.45) is 1.28. The number of hydrogen-bond donors (Lipinski definition) is 2. The fourth-order valence-corrected chi connectivity index (χ4v) is 3.39. The van der Waals surface area contributed by atoms with Crippen molar-refractivity contribution in [1.29, 1.82) is 0 Å². The standard InChI is InChI=1S/C14H10F3N3O3S/c1-23-10-2-3-11(14-13(10)18-6-19-14)24(21,22)20-7-4-8(15)12(17)9(16)5-7/h2-6,20H,1H3,(H,18,19). The zero-order chi connectivity index (χ0) is 17.5. The molecule has 2 N–H and O–H groups in total. The summed E-state index contributed by atoms with van der Waals surface area (Å²) < 4.78 is 71.5. The maximum absolute atomic E-state index is 13.2. The SMILES string of the molecule is COc1ccc(S(=O)(=O)Nc2cc(F)c(F)c(F)c2)c2nc[nH]c12. The lowest BCUT2D eigenvalue weighted by Crippen LogP contribution is -2.14. The summed E-state index contributed by atoms with van der Waals surface area (Å²) in [4.78, 5) is 6.43. The van der Waals surface area contributed by atoms with Crippen LogP contribution in [0, 0.1) is 17.5 Å². The van der Waals surface area contributed by atoms with E-state index in [4.69, 9.17) is 4.74 Å². The highest BCUT2D eigenvalue weighted by Crippen LogP contribution is 2.29. The predicted molar refractivity (Wildman–Crippen MR) is 79.8 cm³/mol. The Hall–Kier alpha value is -2.75. The average molecular weight is 357 g/mol. The van der Waals surface area contributed by atoms with Crippen LogP contribution in [-0.2, 0) is 10.0 Å². The molecule has 0 radical (unpaired) electrons. The monoisotopic (exact) mass is 357 g/mol. The summed E-state index contributed by atoms with van der Waals surface area (Å²) >= 11 is 0. The molecule has 0 spiro atoms. The van der Waals surface area contributed by atoms with Gasteiger partial charge in [0.2, 0.25) is 0 Å². The Morgan fingerprint density at radius 1 is 1.17 bits per heavy atom. The third kappa shape index (κ3) is 2.64. The molecule has 0 unspecified atom stereocenters. The number of nitrogens with zero attached hydrogens (tertiary/aromatic N) is 1. The molecule has 0 aliphatic heterocycles. The van der Waals surface area contributed by atoms with Crippen LogP contribution in [0.3, 0.4) is 0 Å². The quantitative estimate of drug-likeness (QED) is 0.704. The van der Waals surface area contributed by atoms with Crippen molar-refractivity contribution in [2.24, 2.45) is 0 Å². The number of H-pyrrole nitrogens is 1. The van der Waals surface area contributed by atoms with Crippen molar-refractivity contribution < 1.29 is 26.3 Å². The summed E-state index contributed by atoms with van der Waals surface area (Å²) in [5.74, 6) is -4.32. The number of methoxy groups -OCH3 is 1. The number of benzene rings is 2. The Bertz CT molecular complexity index is 1010. The molecule has 0 amide bonds. The number of fused-ring (bicyclic) bond motifs is 1. The minimum atomic E-state index is -4.23.